The quantitative estimate of drug-likeness (QED) is 0.840. The SMILES string of the molecule is Cl.NCc1cc(=O)c2cc(Cl)ccc2o1. The standard InChI is InChI=1S/C10H8ClNO2.ClH/c11-6-1-2-10-8(3-6)9(13)4-7(5-12)14-10;/h1-4H,5,12H2;1H. The third kappa shape index (κ3) is 2.31. The Kier molecular flexibility index (Phi) is 3.74. The average Bonchev–Trinajstić information content (AvgIpc) is 2.19. The Morgan fingerprint density at radius 1 is 1.33 bits per heavy atom. The minimum atomic E-state index is -0.116. The monoisotopic (exact) mass is 245 g/mol. The van der Waals surface area contributed by atoms with Crippen LogP contribution in [0.1, 0.15) is 5.76 Å². The third-order valence-electron chi connectivity index (χ3n) is 1.94. The van der Waals surface area contributed by atoms with Gasteiger partial charge < -0.3 is 10.2 Å². The lowest BCUT2D eigenvalue weighted by atomic mass is 10.2. The second-order valence-corrected chi connectivity index (χ2v) is 3.36. The van der Waals surface area contributed by atoms with Gasteiger partial charge in [0.05, 0.1) is 11.9 Å². The molecule has 0 atom stereocenters. The van der Waals surface area contributed by atoms with Gasteiger partial charge in [0.15, 0.2) is 5.43 Å². The Morgan fingerprint density at radius 2 is 2.07 bits per heavy atom. The Bertz CT molecular complexity index is 536. The van der Waals surface area contributed by atoms with Gasteiger partial charge in [0.2, 0.25) is 0 Å². The van der Waals surface area contributed by atoms with E-state index in [1.807, 2.05) is 0 Å². The fraction of sp³-hybridized carbons (Fsp3) is 0.100. The lowest BCUT2D eigenvalue weighted by molar-refractivity contribution is 0.539. The second kappa shape index (κ2) is 4.66. The van der Waals surface area contributed by atoms with E-state index in [1.54, 1.807) is 18.2 Å². The first-order valence-corrected chi connectivity index (χ1v) is 4.51. The fourth-order valence-corrected chi connectivity index (χ4v) is 1.45. The number of hydrogen-bond donors (Lipinski definition) is 1. The molecule has 0 radical (unpaired) electrons. The van der Waals surface area contributed by atoms with Crippen LogP contribution in [0.3, 0.4) is 0 Å². The molecule has 1 aromatic heterocycles. The van der Waals surface area contributed by atoms with Crippen molar-refractivity contribution in [1.29, 1.82) is 0 Å². The van der Waals surface area contributed by atoms with Crippen molar-refractivity contribution in [1.82, 2.24) is 0 Å². The molecule has 0 aliphatic carbocycles. The summed E-state index contributed by atoms with van der Waals surface area (Å²) in [7, 11) is 0. The van der Waals surface area contributed by atoms with Crippen molar-refractivity contribution in [2.75, 3.05) is 0 Å². The maximum Gasteiger partial charge on any atom is 0.193 e. The number of halogens is 2. The van der Waals surface area contributed by atoms with E-state index in [4.69, 9.17) is 21.8 Å². The summed E-state index contributed by atoms with van der Waals surface area (Å²) < 4.78 is 5.36. The predicted molar refractivity (Wildman–Crippen MR) is 62.6 cm³/mol. The number of rotatable bonds is 1. The highest BCUT2D eigenvalue weighted by Gasteiger charge is 2.03. The van der Waals surface area contributed by atoms with E-state index >= 15 is 0 Å². The minimum absolute atomic E-state index is 0. The zero-order valence-electron chi connectivity index (χ0n) is 7.70. The van der Waals surface area contributed by atoms with E-state index in [9.17, 15) is 4.79 Å². The van der Waals surface area contributed by atoms with E-state index < -0.39 is 0 Å². The Hall–Kier alpha value is -1.03. The lowest BCUT2D eigenvalue weighted by Gasteiger charge is -2.00. The molecule has 3 nitrogen and oxygen atoms in total. The lowest BCUT2D eigenvalue weighted by Crippen LogP contribution is -2.05. The van der Waals surface area contributed by atoms with Gasteiger partial charge in [-0.2, -0.15) is 0 Å². The summed E-state index contributed by atoms with van der Waals surface area (Å²) in [5.41, 5.74) is 5.78. The molecule has 2 N–H and O–H groups in total. The fourth-order valence-electron chi connectivity index (χ4n) is 1.28. The zero-order chi connectivity index (χ0) is 10.1. The average molecular weight is 246 g/mol. The summed E-state index contributed by atoms with van der Waals surface area (Å²) >= 11 is 5.76. The molecule has 2 aromatic rings. The maximum atomic E-state index is 11.5. The predicted octanol–water partition coefficient (Wildman–Crippen LogP) is 2.33. The van der Waals surface area contributed by atoms with Gasteiger partial charge in [-0.05, 0) is 18.2 Å². The van der Waals surface area contributed by atoms with E-state index in [1.165, 1.54) is 6.07 Å². The molecule has 0 saturated heterocycles. The Morgan fingerprint density at radius 3 is 2.73 bits per heavy atom. The van der Waals surface area contributed by atoms with E-state index in [-0.39, 0.29) is 24.4 Å². The summed E-state index contributed by atoms with van der Waals surface area (Å²) in [4.78, 5) is 11.5. The molecule has 0 unspecified atom stereocenters. The van der Waals surface area contributed by atoms with Crippen molar-refractivity contribution in [3.8, 4) is 0 Å². The van der Waals surface area contributed by atoms with Crippen molar-refractivity contribution >= 4 is 35.0 Å². The molecular formula is C10H9Cl2NO2. The summed E-state index contributed by atoms with van der Waals surface area (Å²) in [6.07, 6.45) is 0. The van der Waals surface area contributed by atoms with Crippen molar-refractivity contribution in [3.05, 3.63) is 45.3 Å². The molecular weight excluding hydrogens is 237 g/mol. The van der Waals surface area contributed by atoms with Crippen molar-refractivity contribution in [3.63, 3.8) is 0 Å². The minimum Gasteiger partial charge on any atom is -0.459 e. The molecule has 0 bridgehead atoms. The van der Waals surface area contributed by atoms with Crippen LogP contribution in [0.2, 0.25) is 5.02 Å². The van der Waals surface area contributed by atoms with Gasteiger partial charge in [0, 0.05) is 11.1 Å². The number of benzene rings is 1. The van der Waals surface area contributed by atoms with Crippen molar-refractivity contribution in [2.24, 2.45) is 5.73 Å². The van der Waals surface area contributed by atoms with Gasteiger partial charge in [0.25, 0.3) is 0 Å². The number of hydrogen-bond acceptors (Lipinski definition) is 3. The van der Waals surface area contributed by atoms with Crippen LogP contribution >= 0.6 is 24.0 Å². The molecule has 0 aliphatic heterocycles. The second-order valence-electron chi connectivity index (χ2n) is 2.92. The Balaban J connectivity index is 0.00000112. The molecule has 0 fully saturated rings. The van der Waals surface area contributed by atoms with Crippen LogP contribution in [0.5, 0.6) is 0 Å². The molecule has 0 saturated carbocycles. The largest absolute Gasteiger partial charge is 0.459 e. The van der Waals surface area contributed by atoms with Crippen LogP contribution in [0, 0.1) is 0 Å². The van der Waals surface area contributed by atoms with Gasteiger partial charge >= 0.3 is 0 Å². The highest BCUT2D eigenvalue weighted by Crippen LogP contribution is 2.17. The Labute approximate surface area is 97.2 Å². The van der Waals surface area contributed by atoms with Crippen LogP contribution in [-0.4, -0.2) is 0 Å². The third-order valence-corrected chi connectivity index (χ3v) is 2.18. The number of fused-ring (bicyclic) bond motifs is 1. The van der Waals surface area contributed by atoms with E-state index in [0.29, 0.717) is 21.8 Å². The first-order chi connectivity index (χ1) is 6.70. The van der Waals surface area contributed by atoms with Crippen LogP contribution in [-0.2, 0) is 6.54 Å². The first kappa shape index (κ1) is 12.0. The topological polar surface area (TPSA) is 56.2 Å². The van der Waals surface area contributed by atoms with Crippen LogP contribution in [0.25, 0.3) is 11.0 Å². The van der Waals surface area contributed by atoms with Gasteiger partial charge in [-0.1, -0.05) is 11.6 Å². The van der Waals surface area contributed by atoms with E-state index in [2.05, 4.69) is 0 Å². The van der Waals surface area contributed by atoms with Gasteiger partial charge in [-0.3, -0.25) is 4.79 Å². The van der Waals surface area contributed by atoms with Crippen molar-refractivity contribution in [2.45, 2.75) is 6.54 Å². The van der Waals surface area contributed by atoms with E-state index in [0.717, 1.165) is 0 Å². The maximum absolute atomic E-state index is 11.5. The summed E-state index contributed by atoms with van der Waals surface area (Å²) in [5, 5.41) is 1.000. The molecule has 15 heavy (non-hydrogen) atoms. The van der Waals surface area contributed by atoms with Gasteiger partial charge in [-0.25, -0.2) is 0 Å². The summed E-state index contributed by atoms with van der Waals surface area (Å²) in [6, 6.07) is 6.31. The van der Waals surface area contributed by atoms with Gasteiger partial charge in [-0.15, -0.1) is 12.4 Å². The highest BCUT2D eigenvalue weighted by molar-refractivity contribution is 6.31. The first-order valence-electron chi connectivity index (χ1n) is 4.13. The number of nitrogens with two attached hydrogens (primary N) is 1. The van der Waals surface area contributed by atoms with Crippen molar-refractivity contribution < 1.29 is 4.42 Å². The van der Waals surface area contributed by atoms with Crippen LogP contribution in [0.4, 0.5) is 0 Å². The summed E-state index contributed by atoms with van der Waals surface area (Å²) in [5.74, 6) is 0.477. The molecule has 0 aliphatic rings. The normalized spacial score (nSPS) is 10.0. The molecule has 2 rings (SSSR count). The van der Waals surface area contributed by atoms with Crippen LogP contribution in [0.15, 0.2) is 33.5 Å². The molecule has 1 aromatic carbocycles. The highest BCUT2D eigenvalue weighted by atomic mass is 35.5. The molecule has 0 amide bonds. The smallest absolute Gasteiger partial charge is 0.193 e. The molecule has 1 heterocycles. The van der Waals surface area contributed by atoms with Crippen LogP contribution < -0.4 is 11.2 Å². The zero-order valence-corrected chi connectivity index (χ0v) is 9.27. The summed E-state index contributed by atoms with van der Waals surface area (Å²) in [6.45, 7) is 0.216. The molecule has 5 heteroatoms. The molecule has 80 valence electrons. The molecule has 0 spiro atoms. The van der Waals surface area contributed by atoms with Gasteiger partial charge in [0.1, 0.15) is 11.3 Å².